The highest BCUT2D eigenvalue weighted by Crippen LogP contribution is 2.24. The smallest absolute Gasteiger partial charge is 0.233 e. The first-order chi connectivity index (χ1) is 4.86. The Kier molecular flexibility index (Phi) is 1.06. The summed E-state index contributed by atoms with van der Waals surface area (Å²) in [6.45, 7) is 2.77. The molecule has 1 aromatic heterocycles. The number of hydrogen-bond donors (Lipinski definition) is 2. The third-order valence-corrected chi connectivity index (χ3v) is 1.48. The van der Waals surface area contributed by atoms with Gasteiger partial charge in [0, 0.05) is 0 Å². The van der Waals surface area contributed by atoms with E-state index in [9.17, 15) is 0 Å². The molecule has 0 bridgehead atoms. The predicted octanol–water partition coefficient (Wildman–Crippen LogP) is 0.602. The van der Waals surface area contributed by atoms with Crippen molar-refractivity contribution < 1.29 is 4.74 Å². The van der Waals surface area contributed by atoms with Crippen LogP contribution in [0.3, 0.4) is 0 Å². The molecule has 4 nitrogen and oxygen atoms in total. The van der Waals surface area contributed by atoms with Gasteiger partial charge in [-0.05, 0) is 6.92 Å². The van der Waals surface area contributed by atoms with Gasteiger partial charge in [0.25, 0.3) is 0 Å². The van der Waals surface area contributed by atoms with Crippen molar-refractivity contribution in [1.82, 2.24) is 10.2 Å². The first kappa shape index (κ1) is 5.58. The lowest BCUT2D eigenvalue weighted by molar-refractivity contribution is 0.281. The van der Waals surface area contributed by atoms with Crippen molar-refractivity contribution in [2.45, 2.75) is 13.0 Å². The first-order valence-electron chi connectivity index (χ1n) is 3.29. The normalized spacial score (nSPS) is 22.7. The zero-order valence-electron chi connectivity index (χ0n) is 5.72. The van der Waals surface area contributed by atoms with E-state index in [1.807, 2.05) is 0 Å². The molecule has 2 heterocycles. The number of rotatable bonds is 0. The van der Waals surface area contributed by atoms with Gasteiger partial charge < -0.3 is 10.1 Å². The van der Waals surface area contributed by atoms with Crippen molar-refractivity contribution in [3.63, 3.8) is 0 Å². The van der Waals surface area contributed by atoms with E-state index in [-0.39, 0.29) is 0 Å². The molecule has 0 aliphatic carbocycles. The highest BCUT2D eigenvalue weighted by Gasteiger charge is 2.15. The Morgan fingerprint density at radius 2 is 2.70 bits per heavy atom. The van der Waals surface area contributed by atoms with Crippen LogP contribution in [0, 0.1) is 0 Å². The van der Waals surface area contributed by atoms with Crippen molar-refractivity contribution >= 4 is 5.69 Å². The van der Waals surface area contributed by atoms with Crippen LogP contribution in [-0.2, 0) is 0 Å². The summed E-state index contributed by atoms with van der Waals surface area (Å²) in [5.41, 5.74) is 0.957. The van der Waals surface area contributed by atoms with Crippen LogP contribution in [-0.4, -0.2) is 22.8 Å². The van der Waals surface area contributed by atoms with Crippen LogP contribution in [0.5, 0.6) is 5.88 Å². The summed E-state index contributed by atoms with van der Waals surface area (Å²) in [5.74, 6) is 0.748. The van der Waals surface area contributed by atoms with Gasteiger partial charge in [-0.15, -0.1) is 0 Å². The van der Waals surface area contributed by atoms with E-state index in [1.54, 1.807) is 6.20 Å². The average Bonchev–Trinajstić information content (AvgIpc) is 2.33. The number of ether oxygens (including phenoxy) is 1. The SMILES string of the molecule is C[C@H]1COc2[nH]ncc2N1. The molecule has 2 N–H and O–H groups in total. The summed E-state index contributed by atoms with van der Waals surface area (Å²) in [4.78, 5) is 0. The zero-order valence-corrected chi connectivity index (χ0v) is 5.72. The molecule has 1 aliphatic rings. The van der Waals surface area contributed by atoms with Crippen LogP contribution in [0.2, 0.25) is 0 Å². The number of aromatic nitrogens is 2. The molecular formula is C6H9N3O. The molecule has 1 atom stereocenters. The number of fused-ring (bicyclic) bond motifs is 1. The second-order valence-electron chi connectivity index (χ2n) is 2.47. The molecule has 0 spiro atoms. The lowest BCUT2D eigenvalue weighted by Crippen LogP contribution is -2.27. The Hall–Kier alpha value is -1.19. The summed E-state index contributed by atoms with van der Waals surface area (Å²) in [7, 11) is 0. The number of hydrogen-bond acceptors (Lipinski definition) is 3. The third-order valence-electron chi connectivity index (χ3n) is 1.48. The largest absolute Gasteiger partial charge is 0.474 e. The van der Waals surface area contributed by atoms with Gasteiger partial charge in [-0.1, -0.05) is 0 Å². The second kappa shape index (κ2) is 1.90. The monoisotopic (exact) mass is 139 g/mol. The fraction of sp³-hybridized carbons (Fsp3) is 0.500. The van der Waals surface area contributed by atoms with Crippen LogP contribution in [0.25, 0.3) is 0 Å². The fourth-order valence-electron chi connectivity index (χ4n) is 1.00. The molecule has 0 fully saturated rings. The van der Waals surface area contributed by atoms with E-state index in [0.717, 1.165) is 11.6 Å². The minimum Gasteiger partial charge on any atom is -0.474 e. The molecule has 0 radical (unpaired) electrons. The molecule has 4 heteroatoms. The van der Waals surface area contributed by atoms with Crippen LogP contribution >= 0.6 is 0 Å². The quantitative estimate of drug-likeness (QED) is 0.553. The van der Waals surface area contributed by atoms with E-state index >= 15 is 0 Å². The number of anilines is 1. The minimum absolute atomic E-state index is 0.380. The molecule has 0 saturated carbocycles. The van der Waals surface area contributed by atoms with Crippen molar-refractivity contribution in [2.24, 2.45) is 0 Å². The maximum atomic E-state index is 5.30. The molecule has 0 aromatic carbocycles. The highest BCUT2D eigenvalue weighted by molar-refractivity contribution is 5.52. The van der Waals surface area contributed by atoms with Crippen LogP contribution in [0.4, 0.5) is 5.69 Å². The first-order valence-corrected chi connectivity index (χ1v) is 3.29. The summed E-state index contributed by atoms with van der Waals surface area (Å²) in [5, 5.41) is 9.79. The van der Waals surface area contributed by atoms with Gasteiger partial charge in [-0.25, -0.2) is 5.10 Å². The Morgan fingerprint density at radius 1 is 1.80 bits per heavy atom. The van der Waals surface area contributed by atoms with Gasteiger partial charge in [0.2, 0.25) is 5.88 Å². The molecule has 1 aliphatic heterocycles. The number of nitrogens with zero attached hydrogens (tertiary/aromatic N) is 1. The summed E-state index contributed by atoms with van der Waals surface area (Å²) >= 11 is 0. The molecule has 0 amide bonds. The Balaban J connectivity index is 2.30. The Labute approximate surface area is 58.6 Å². The maximum absolute atomic E-state index is 5.30. The van der Waals surface area contributed by atoms with Gasteiger partial charge in [0.05, 0.1) is 12.2 Å². The van der Waals surface area contributed by atoms with Crippen molar-refractivity contribution in [1.29, 1.82) is 0 Å². The topological polar surface area (TPSA) is 49.9 Å². The van der Waals surface area contributed by atoms with E-state index in [2.05, 4.69) is 22.4 Å². The third kappa shape index (κ3) is 0.725. The second-order valence-corrected chi connectivity index (χ2v) is 2.47. The summed E-state index contributed by atoms with van der Waals surface area (Å²) in [6.07, 6.45) is 1.73. The Bertz CT molecular complexity index is 233. The maximum Gasteiger partial charge on any atom is 0.233 e. The minimum atomic E-state index is 0.380. The van der Waals surface area contributed by atoms with Crippen molar-refractivity contribution in [2.75, 3.05) is 11.9 Å². The van der Waals surface area contributed by atoms with Gasteiger partial charge in [0.1, 0.15) is 12.3 Å². The van der Waals surface area contributed by atoms with Crippen LogP contribution < -0.4 is 10.1 Å². The molecule has 1 aromatic rings. The van der Waals surface area contributed by atoms with Gasteiger partial charge in [0.15, 0.2) is 0 Å². The standard InChI is InChI=1S/C6H9N3O/c1-4-3-10-6-5(8-4)2-7-9-6/h2,4,8H,3H2,1H3,(H,7,9)/t4-/m0/s1. The zero-order chi connectivity index (χ0) is 6.97. The van der Waals surface area contributed by atoms with E-state index in [1.165, 1.54) is 0 Å². The van der Waals surface area contributed by atoms with Crippen molar-refractivity contribution in [3.05, 3.63) is 6.20 Å². The van der Waals surface area contributed by atoms with E-state index in [4.69, 9.17) is 4.74 Å². The molecule has 54 valence electrons. The predicted molar refractivity (Wildman–Crippen MR) is 37.2 cm³/mol. The van der Waals surface area contributed by atoms with Gasteiger partial charge >= 0.3 is 0 Å². The number of H-pyrrole nitrogens is 1. The lowest BCUT2D eigenvalue weighted by Gasteiger charge is -2.20. The van der Waals surface area contributed by atoms with E-state index in [0.29, 0.717) is 12.6 Å². The molecule has 0 unspecified atom stereocenters. The molecule has 2 rings (SSSR count). The molecular weight excluding hydrogens is 130 g/mol. The van der Waals surface area contributed by atoms with Gasteiger partial charge in [-0.3, -0.25) is 0 Å². The van der Waals surface area contributed by atoms with Crippen LogP contribution in [0.15, 0.2) is 6.20 Å². The van der Waals surface area contributed by atoms with Gasteiger partial charge in [-0.2, -0.15) is 5.10 Å². The summed E-state index contributed by atoms with van der Waals surface area (Å²) < 4.78 is 5.30. The Morgan fingerprint density at radius 3 is 3.60 bits per heavy atom. The van der Waals surface area contributed by atoms with E-state index < -0.39 is 0 Å². The number of aromatic amines is 1. The summed E-state index contributed by atoms with van der Waals surface area (Å²) in [6, 6.07) is 0.380. The van der Waals surface area contributed by atoms with Crippen LogP contribution in [0.1, 0.15) is 6.92 Å². The highest BCUT2D eigenvalue weighted by atomic mass is 16.5. The lowest BCUT2D eigenvalue weighted by atomic mass is 10.3. The van der Waals surface area contributed by atoms with Crippen molar-refractivity contribution in [3.8, 4) is 5.88 Å². The average molecular weight is 139 g/mol. The fourth-order valence-corrected chi connectivity index (χ4v) is 1.00. The molecule has 10 heavy (non-hydrogen) atoms. The number of nitrogens with one attached hydrogen (secondary N) is 2. The molecule has 0 saturated heterocycles.